The lowest BCUT2D eigenvalue weighted by Gasteiger charge is -2.32. The highest BCUT2D eigenvalue weighted by atomic mass is 16.4. The Morgan fingerprint density at radius 2 is 0.742 bits per heavy atom. The van der Waals surface area contributed by atoms with Crippen molar-refractivity contribution in [3.8, 4) is 33.8 Å². The van der Waals surface area contributed by atoms with Crippen molar-refractivity contribution in [3.63, 3.8) is 0 Å². The third kappa shape index (κ3) is 9.65. The van der Waals surface area contributed by atoms with Crippen molar-refractivity contribution in [2.75, 3.05) is 0 Å². The number of benzene rings is 5. The second-order valence-electron chi connectivity index (χ2n) is 21.6. The molecule has 0 unspecified atom stereocenters. The molecule has 0 amide bonds. The van der Waals surface area contributed by atoms with Gasteiger partial charge >= 0.3 is 11.9 Å². The fourth-order valence-electron chi connectivity index (χ4n) is 9.01. The molecule has 0 aliphatic carbocycles. The number of carboxylic acids is 2. The minimum Gasteiger partial charge on any atom is -0.507 e. The van der Waals surface area contributed by atoms with Crippen LogP contribution in [0.4, 0.5) is 0 Å². The predicted molar refractivity (Wildman–Crippen MR) is 256 cm³/mol. The molecule has 62 heavy (non-hydrogen) atoms. The number of rotatable bonds is 10. The molecule has 0 fully saturated rings. The van der Waals surface area contributed by atoms with Crippen LogP contribution in [0.5, 0.6) is 11.5 Å². The van der Waals surface area contributed by atoms with E-state index in [0.717, 1.165) is 55.6 Å². The van der Waals surface area contributed by atoms with E-state index in [1.165, 1.54) is 12.1 Å². The lowest BCUT2D eigenvalue weighted by atomic mass is 9.71. The largest absolute Gasteiger partial charge is 0.507 e. The van der Waals surface area contributed by atoms with Crippen molar-refractivity contribution < 1.29 is 30.0 Å². The van der Waals surface area contributed by atoms with Gasteiger partial charge in [-0.2, -0.15) is 0 Å². The summed E-state index contributed by atoms with van der Waals surface area (Å²) in [5.41, 5.74) is 10.8. The Morgan fingerprint density at radius 3 is 1.00 bits per heavy atom. The molecule has 0 atom stereocenters. The predicted octanol–water partition coefficient (Wildman–Crippen LogP) is 13.9. The van der Waals surface area contributed by atoms with Crippen LogP contribution < -0.4 is 0 Å². The second-order valence-corrected chi connectivity index (χ2v) is 21.6. The minimum absolute atomic E-state index is 0.0105. The molecular formula is C56H70O6. The van der Waals surface area contributed by atoms with Gasteiger partial charge in [-0.05, 0) is 127 Å². The van der Waals surface area contributed by atoms with Gasteiger partial charge in [0.25, 0.3) is 0 Å². The van der Waals surface area contributed by atoms with Crippen LogP contribution in [0.25, 0.3) is 22.3 Å². The Morgan fingerprint density at radius 1 is 0.435 bits per heavy atom. The van der Waals surface area contributed by atoms with Gasteiger partial charge in [0.2, 0.25) is 0 Å². The summed E-state index contributed by atoms with van der Waals surface area (Å²) in [5.74, 6) is -1.95. The van der Waals surface area contributed by atoms with E-state index in [1.807, 2.05) is 38.1 Å². The number of phenolic OH excluding ortho intramolecular Hbond substituents is 2. The Labute approximate surface area is 371 Å². The lowest BCUT2D eigenvalue weighted by molar-refractivity contribution is 0.0682. The molecule has 0 radical (unpaired) electrons. The SMILES string of the molecule is CCc1cc(Cc2cc(C)cc(C(C)(C)C)c2O)c(-c2c(C(=O)O)ccc(C(=O)O)c2-c2c(Cc3cc(C)cc(C(C)(C)C)c3O)cc(CC)cc2C(C)(C)C)c(C(C)(C)C)c1. The molecule has 0 bridgehead atoms. The highest BCUT2D eigenvalue weighted by molar-refractivity contribution is 6.10. The first kappa shape index (κ1) is 47.7. The molecular weight excluding hydrogens is 769 g/mol. The number of carbonyl (C=O) groups is 2. The zero-order valence-electron chi connectivity index (χ0n) is 40.2. The Bertz CT molecular complexity index is 2380. The molecule has 0 saturated heterocycles. The zero-order valence-corrected chi connectivity index (χ0v) is 40.2. The fraction of sp³-hybridized carbons (Fsp3) is 0.429. The number of aromatic hydroxyl groups is 2. The van der Waals surface area contributed by atoms with E-state index in [-0.39, 0.29) is 46.3 Å². The number of aromatic carboxylic acids is 2. The van der Waals surface area contributed by atoms with Crippen molar-refractivity contribution >= 4 is 11.9 Å². The van der Waals surface area contributed by atoms with Gasteiger partial charge in [-0.1, -0.05) is 157 Å². The third-order valence-electron chi connectivity index (χ3n) is 12.2. The van der Waals surface area contributed by atoms with Crippen molar-refractivity contribution in [2.45, 2.75) is 158 Å². The van der Waals surface area contributed by atoms with Gasteiger partial charge in [0.15, 0.2) is 0 Å². The van der Waals surface area contributed by atoms with Crippen LogP contribution in [0.3, 0.4) is 0 Å². The molecule has 6 heteroatoms. The van der Waals surface area contributed by atoms with Crippen molar-refractivity contribution in [1.82, 2.24) is 0 Å². The van der Waals surface area contributed by atoms with Crippen LogP contribution in [-0.2, 0) is 47.3 Å². The average molecular weight is 839 g/mol. The Balaban J connectivity index is 2.09. The molecule has 0 saturated carbocycles. The van der Waals surface area contributed by atoms with E-state index in [0.29, 0.717) is 46.2 Å². The van der Waals surface area contributed by atoms with E-state index in [1.54, 1.807) is 0 Å². The van der Waals surface area contributed by atoms with E-state index in [4.69, 9.17) is 0 Å². The summed E-state index contributed by atoms with van der Waals surface area (Å²) >= 11 is 0. The van der Waals surface area contributed by atoms with Gasteiger partial charge in [0.1, 0.15) is 11.5 Å². The van der Waals surface area contributed by atoms with Crippen LogP contribution in [0, 0.1) is 13.8 Å². The Kier molecular flexibility index (Phi) is 13.1. The van der Waals surface area contributed by atoms with Crippen LogP contribution in [0.1, 0.15) is 184 Å². The van der Waals surface area contributed by atoms with Crippen LogP contribution in [0.15, 0.2) is 60.7 Å². The smallest absolute Gasteiger partial charge is 0.336 e. The molecule has 4 N–H and O–H groups in total. The van der Waals surface area contributed by atoms with Crippen molar-refractivity contribution in [1.29, 1.82) is 0 Å². The summed E-state index contributed by atoms with van der Waals surface area (Å²) in [4.78, 5) is 27.6. The van der Waals surface area contributed by atoms with E-state index >= 15 is 0 Å². The normalized spacial score (nSPS) is 12.5. The molecule has 0 aromatic heterocycles. The number of hydrogen-bond acceptors (Lipinski definition) is 4. The van der Waals surface area contributed by atoms with Crippen LogP contribution >= 0.6 is 0 Å². The third-order valence-corrected chi connectivity index (χ3v) is 12.2. The summed E-state index contributed by atoms with van der Waals surface area (Å²) in [6.07, 6.45) is 1.98. The van der Waals surface area contributed by atoms with Crippen LogP contribution in [-0.4, -0.2) is 32.4 Å². The minimum atomic E-state index is -1.17. The van der Waals surface area contributed by atoms with Crippen molar-refractivity contribution in [3.05, 3.63) is 139 Å². The van der Waals surface area contributed by atoms with E-state index < -0.39 is 22.8 Å². The van der Waals surface area contributed by atoms with Gasteiger partial charge in [-0.3, -0.25) is 0 Å². The number of carboxylic acid groups (broad SMARTS) is 2. The zero-order chi connectivity index (χ0) is 46.6. The first-order valence-electron chi connectivity index (χ1n) is 22.1. The summed E-state index contributed by atoms with van der Waals surface area (Å²) in [5, 5.41) is 46.5. The molecule has 5 aromatic carbocycles. The summed E-state index contributed by atoms with van der Waals surface area (Å²) in [7, 11) is 0. The molecule has 0 aliphatic rings. The maximum Gasteiger partial charge on any atom is 0.336 e. The highest BCUT2D eigenvalue weighted by Crippen LogP contribution is 2.50. The molecule has 5 aromatic rings. The van der Waals surface area contributed by atoms with Gasteiger partial charge < -0.3 is 20.4 Å². The maximum atomic E-state index is 13.8. The molecule has 0 aliphatic heterocycles. The standard InChI is InChI=1S/C56H70O6/c1-17-33-25-35(29-37-21-31(3)23-43(49(37)57)55(11,12)13)45(41(27-33)53(5,6)7)47-39(51(59)60)19-20-40(52(61)62)48(47)46-36(26-34(18-2)28-42(46)54(8,9)10)30-38-22-32(4)24-44(50(38)58)56(14,15)16/h19-28,57-58H,17-18,29-30H2,1-16H3,(H,59,60)(H,61,62). The number of aryl methyl sites for hydroxylation is 4. The second kappa shape index (κ2) is 17.1. The highest BCUT2D eigenvalue weighted by Gasteiger charge is 2.35. The molecule has 0 heterocycles. The summed E-state index contributed by atoms with van der Waals surface area (Å²) in [6.45, 7) is 33.3. The Hall–Kier alpha value is -5.36. The fourth-order valence-corrected chi connectivity index (χ4v) is 9.01. The first-order valence-corrected chi connectivity index (χ1v) is 22.1. The monoisotopic (exact) mass is 839 g/mol. The summed E-state index contributed by atoms with van der Waals surface area (Å²) in [6, 6.07) is 19.4. The van der Waals surface area contributed by atoms with Crippen LogP contribution in [0.2, 0.25) is 0 Å². The van der Waals surface area contributed by atoms with E-state index in [2.05, 4.69) is 121 Å². The van der Waals surface area contributed by atoms with Gasteiger partial charge in [0, 0.05) is 24.0 Å². The van der Waals surface area contributed by atoms with Gasteiger partial charge in [-0.15, -0.1) is 0 Å². The first-order chi connectivity index (χ1) is 28.5. The molecule has 330 valence electrons. The maximum absolute atomic E-state index is 13.8. The summed E-state index contributed by atoms with van der Waals surface area (Å²) < 4.78 is 0. The molecule has 6 nitrogen and oxygen atoms in total. The average Bonchev–Trinajstić information content (AvgIpc) is 3.14. The molecule has 5 rings (SSSR count). The molecule has 0 spiro atoms. The lowest BCUT2D eigenvalue weighted by Crippen LogP contribution is -2.20. The number of phenols is 2. The van der Waals surface area contributed by atoms with Gasteiger partial charge in [-0.25, -0.2) is 9.59 Å². The number of hydrogen-bond donors (Lipinski definition) is 4. The quantitative estimate of drug-likeness (QED) is 0.111. The van der Waals surface area contributed by atoms with Crippen molar-refractivity contribution in [2.24, 2.45) is 0 Å². The topological polar surface area (TPSA) is 115 Å². The van der Waals surface area contributed by atoms with Gasteiger partial charge in [0.05, 0.1) is 11.1 Å². The van der Waals surface area contributed by atoms with E-state index in [9.17, 15) is 30.0 Å².